The number of benzene rings is 1. The van der Waals surface area contributed by atoms with E-state index in [-0.39, 0.29) is 30.9 Å². The van der Waals surface area contributed by atoms with E-state index in [4.69, 9.17) is 10.5 Å². The van der Waals surface area contributed by atoms with Gasteiger partial charge in [-0.05, 0) is 37.1 Å². The lowest BCUT2D eigenvalue weighted by Gasteiger charge is -2.22. The largest absolute Gasteiger partial charge is 0.450 e. The Labute approximate surface area is 188 Å². The molecule has 9 nitrogen and oxygen atoms in total. The van der Waals surface area contributed by atoms with Gasteiger partial charge in [-0.1, -0.05) is 13.3 Å². The minimum atomic E-state index is -4.65. The molecule has 1 saturated heterocycles. The van der Waals surface area contributed by atoms with E-state index >= 15 is 0 Å². The van der Waals surface area contributed by atoms with Gasteiger partial charge in [0.15, 0.2) is 0 Å². The number of nitrogens with two attached hydrogens (primary N) is 1. The van der Waals surface area contributed by atoms with Crippen molar-refractivity contribution in [1.82, 2.24) is 15.3 Å². The summed E-state index contributed by atoms with van der Waals surface area (Å²) < 4.78 is 45.9. The first-order valence-corrected chi connectivity index (χ1v) is 10.5. The van der Waals surface area contributed by atoms with Crippen molar-refractivity contribution in [2.75, 3.05) is 29.9 Å². The van der Waals surface area contributed by atoms with Crippen molar-refractivity contribution in [2.24, 2.45) is 5.73 Å². The Balaban J connectivity index is 1.74. The van der Waals surface area contributed by atoms with Crippen LogP contribution in [0, 0.1) is 0 Å². The van der Waals surface area contributed by atoms with Crippen LogP contribution in [-0.4, -0.2) is 47.7 Å². The van der Waals surface area contributed by atoms with Crippen LogP contribution in [0.5, 0.6) is 0 Å². The number of hydrogen-bond acceptors (Lipinski definition) is 7. The van der Waals surface area contributed by atoms with Crippen molar-refractivity contribution < 1.29 is 27.5 Å². The molecule has 4 N–H and O–H groups in total. The highest BCUT2D eigenvalue weighted by Gasteiger charge is 2.38. The van der Waals surface area contributed by atoms with Crippen LogP contribution in [0.25, 0.3) is 0 Å². The molecule has 2 heterocycles. The van der Waals surface area contributed by atoms with Gasteiger partial charge in [0.2, 0.25) is 11.9 Å². The molecule has 2 aromatic rings. The zero-order chi connectivity index (χ0) is 24.0. The number of ether oxygens (including phenoxy) is 1. The van der Waals surface area contributed by atoms with E-state index in [1.54, 1.807) is 12.1 Å². The van der Waals surface area contributed by atoms with E-state index in [2.05, 4.69) is 20.6 Å². The monoisotopic (exact) mass is 466 g/mol. The maximum atomic E-state index is 13.6. The predicted octanol–water partition coefficient (Wildman–Crippen LogP) is 3.44. The maximum Gasteiger partial charge on any atom is 0.421 e. The molecule has 1 aromatic heterocycles. The van der Waals surface area contributed by atoms with E-state index in [1.807, 2.05) is 6.92 Å². The van der Waals surface area contributed by atoms with Gasteiger partial charge in [-0.15, -0.1) is 0 Å². The smallest absolute Gasteiger partial charge is 0.421 e. The molecule has 0 aliphatic carbocycles. The van der Waals surface area contributed by atoms with Gasteiger partial charge in [-0.25, -0.2) is 9.78 Å². The Kier molecular flexibility index (Phi) is 7.56. The zero-order valence-electron chi connectivity index (χ0n) is 18.0. The maximum absolute atomic E-state index is 13.6. The summed E-state index contributed by atoms with van der Waals surface area (Å²) in [6.07, 6.45) is -2.45. The number of alkyl halides is 3. The number of rotatable bonds is 8. The molecule has 1 aromatic carbocycles. The molecule has 1 aliphatic heterocycles. The number of alkyl carbamates (subject to hydrolysis) is 1. The lowest BCUT2D eigenvalue weighted by atomic mass is 10.2. The quantitative estimate of drug-likeness (QED) is 0.510. The van der Waals surface area contributed by atoms with Crippen molar-refractivity contribution in [3.05, 3.63) is 41.6 Å². The van der Waals surface area contributed by atoms with Crippen molar-refractivity contribution >= 4 is 29.5 Å². The molecule has 1 unspecified atom stereocenters. The molecule has 0 saturated carbocycles. The van der Waals surface area contributed by atoms with Gasteiger partial charge in [-0.2, -0.15) is 18.2 Å². The number of unbranched alkanes of at least 4 members (excludes halogenated alkanes) is 1. The van der Waals surface area contributed by atoms with Gasteiger partial charge in [-0.3, -0.25) is 4.79 Å². The average Bonchev–Trinajstić information content (AvgIpc) is 3.22. The summed E-state index contributed by atoms with van der Waals surface area (Å²) in [4.78, 5) is 32.4. The predicted molar refractivity (Wildman–Crippen MR) is 115 cm³/mol. The third kappa shape index (κ3) is 6.46. The van der Waals surface area contributed by atoms with E-state index in [0.29, 0.717) is 24.3 Å². The fraction of sp³-hybridized carbons (Fsp3) is 0.429. The standard InChI is InChI=1S/C21H25F3N6O3/c1-2-3-10-33-20(32)28-15-8-9-30(12-15)18-16(21(22,23)24)11-26-19(29-18)27-14-6-4-13(5-7-14)17(25)31/h4-7,11,15H,2-3,8-10,12H2,1H3,(H2,25,31)(H,28,32)(H,26,27,29). The number of amides is 2. The highest BCUT2D eigenvalue weighted by Crippen LogP contribution is 2.37. The third-order valence-corrected chi connectivity index (χ3v) is 5.04. The summed E-state index contributed by atoms with van der Waals surface area (Å²) in [5, 5.41) is 5.51. The summed E-state index contributed by atoms with van der Waals surface area (Å²) in [6.45, 7) is 2.68. The number of primary amides is 1. The average molecular weight is 466 g/mol. The number of carbonyl (C=O) groups is 2. The van der Waals surface area contributed by atoms with Crippen LogP contribution in [0.15, 0.2) is 30.5 Å². The highest BCUT2D eigenvalue weighted by molar-refractivity contribution is 5.93. The van der Waals surface area contributed by atoms with Gasteiger partial charge in [0.25, 0.3) is 0 Å². The topological polar surface area (TPSA) is 122 Å². The van der Waals surface area contributed by atoms with Gasteiger partial charge in [0, 0.05) is 30.5 Å². The van der Waals surface area contributed by atoms with E-state index in [1.165, 1.54) is 17.0 Å². The molecule has 1 atom stereocenters. The van der Waals surface area contributed by atoms with Gasteiger partial charge in [0.1, 0.15) is 11.4 Å². The lowest BCUT2D eigenvalue weighted by Crippen LogP contribution is -2.38. The first-order valence-electron chi connectivity index (χ1n) is 10.5. The van der Waals surface area contributed by atoms with E-state index < -0.39 is 23.7 Å². The van der Waals surface area contributed by atoms with Crippen molar-refractivity contribution in [2.45, 2.75) is 38.4 Å². The first kappa shape index (κ1) is 24.1. The fourth-order valence-corrected chi connectivity index (χ4v) is 3.31. The highest BCUT2D eigenvalue weighted by atomic mass is 19.4. The molecule has 1 aliphatic rings. The van der Waals surface area contributed by atoms with Crippen LogP contribution in [0.2, 0.25) is 0 Å². The summed E-state index contributed by atoms with van der Waals surface area (Å²) in [7, 11) is 0. The summed E-state index contributed by atoms with van der Waals surface area (Å²) >= 11 is 0. The second-order valence-electron chi connectivity index (χ2n) is 7.56. The van der Waals surface area contributed by atoms with Crippen LogP contribution in [0.1, 0.15) is 42.1 Å². The Morgan fingerprint density at radius 1 is 1.27 bits per heavy atom. The first-order chi connectivity index (χ1) is 15.7. The molecule has 0 bridgehead atoms. The number of anilines is 3. The van der Waals surface area contributed by atoms with Crippen molar-refractivity contribution in [1.29, 1.82) is 0 Å². The minimum Gasteiger partial charge on any atom is -0.450 e. The molecule has 0 spiro atoms. The Morgan fingerprint density at radius 2 is 2.00 bits per heavy atom. The van der Waals surface area contributed by atoms with Crippen molar-refractivity contribution in [3.8, 4) is 0 Å². The number of nitrogens with zero attached hydrogens (tertiary/aromatic N) is 3. The van der Waals surface area contributed by atoms with Crippen LogP contribution in [0.3, 0.4) is 0 Å². The molecular formula is C21H25F3N6O3. The van der Waals surface area contributed by atoms with Crippen LogP contribution in [-0.2, 0) is 10.9 Å². The second-order valence-corrected chi connectivity index (χ2v) is 7.56. The van der Waals surface area contributed by atoms with E-state index in [0.717, 1.165) is 19.0 Å². The van der Waals surface area contributed by atoms with E-state index in [9.17, 15) is 22.8 Å². The fourth-order valence-electron chi connectivity index (χ4n) is 3.31. The third-order valence-electron chi connectivity index (χ3n) is 5.04. The number of nitrogens with one attached hydrogen (secondary N) is 2. The molecule has 1 fully saturated rings. The molecule has 33 heavy (non-hydrogen) atoms. The molecule has 178 valence electrons. The Hall–Kier alpha value is -3.57. The molecule has 12 heteroatoms. The summed E-state index contributed by atoms with van der Waals surface area (Å²) in [5.41, 5.74) is 5.00. The molecule has 0 radical (unpaired) electrons. The number of carbonyl (C=O) groups excluding carboxylic acids is 2. The zero-order valence-corrected chi connectivity index (χ0v) is 18.0. The minimum absolute atomic E-state index is 0.0415. The van der Waals surface area contributed by atoms with Crippen molar-refractivity contribution in [3.63, 3.8) is 0 Å². The van der Waals surface area contributed by atoms with Crippen LogP contribution >= 0.6 is 0 Å². The number of hydrogen-bond donors (Lipinski definition) is 3. The van der Waals surface area contributed by atoms with Crippen LogP contribution < -0.4 is 21.3 Å². The normalized spacial score (nSPS) is 15.9. The number of aromatic nitrogens is 2. The van der Waals surface area contributed by atoms with Gasteiger partial charge >= 0.3 is 12.3 Å². The van der Waals surface area contributed by atoms with Gasteiger partial charge < -0.3 is 26.0 Å². The summed E-state index contributed by atoms with van der Waals surface area (Å²) in [6, 6.07) is 5.67. The Morgan fingerprint density at radius 3 is 2.64 bits per heavy atom. The Bertz CT molecular complexity index is 984. The lowest BCUT2D eigenvalue weighted by molar-refractivity contribution is -0.137. The molecule has 3 rings (SSSR count). The summed E-state index contributed by atoms with van der Waals surface area (Å²) in [5.74, 6) is -0.918. The SMILES string of the molecule is CCCCOC(=O)NC1CCN(c2nc(Nc3ccc(C(N)=O)cc3)ncc2C(F)(F)F)C1. The second kappa shape index (κ2) is 10.4. The van der Waals surface area contributed by atoms with Gasteiger partial charge in [0.05, 0.1) is 12.6 Å². The number of halogens is 3. The molecule has 2 amide bonds. The molecular weight excluding hydrogens is 441 g/mol. The van der Waals surface area contributed by atoms with Crippen LogP contribution in [0.4, 0.5) is 35.4 Å².